The minimum Gasteiger partial charge on any atom is -0.489 e. The van der Waals surface area contributed by atoms with Crippen LogP contribution in [0.3, 0.4) is 0 Å². The van der Waals surface area contributed by atoms with E-state index in [2.05, 4.69) is 47.6 Å². The van der Waals surface area contributed by atoms with Crippen LogP contribution in [-0.2, 0) is 4.74 Å². The smallest absolute Gasteiger partial charge is 0.229 e. The van der Waals surface area contributed by atoms with Crippen molar-refractivity contribution in [2.24, 2.45) is 5.92 Å². The lowest BCUT2D eigenvalue weighted by Gasteiger charge is -2.44. The van der Waals surface area contributed by atoms with Gasteiger partial charge in [0.15, 0.2) is 11.5 Å². The molecule has 2 aliphatic carbocycles. The Morgan fingerprint density at radius 3 is 2.24 bits per heavy atom. The zero-order valence-electron chi connectivity index (χ0n) is 26.5. The second-order valence-corrected chi connectivity index (χ2v) is 13.4. The van der Waals surface area contributed by atoms with Crippen LogP contribution in [0.5, 0.6) is 11.5 Å². The van der Waals surface area contributed by atoms with Gasteiger partial charge in [-0.2, -0.15) is 0 Å². The predicted molar refractivity (Wildman–Crippen MR) is 164 cm³/mol. The molecule has 6 nitrogen and oxygen atoms in total. The SMILES string of the molecule is CCCCCCCCCCOc1c(C)c2c3c(c1OC1OCC(O)C(O)C1O)C(C)CCC3C(C)C[C@@H]2C=C(C)C. The summed E-state index contributed by atoms with van der Waals surface area (Å²) in [7, 11) is 0. The first-order valence-corrected chi connectivity index (χ1v) is 16.5. The lowest BCUT2D eigenvalue weighted by molar-refractivity contribution is -0.242. The van der Waals surface area contributed by atoms with E-state index >= 15 is 0 Å². The first-order chi connectivity index (χ1) is 19.6. The molecule has 1 fully saturated rings. The summed E-state index contributed by atoms with van der Waals surface area (Å²) in [6.07, 6.45) is 10.8. The normalized spacial score (nSPS) is 31.0. The zero-order chi connectivity index (χ0) is 29.7. The Labute approximate surface area is 248 Å². The summed E-state index contributed by atoms with van der Waals surface area (Å²) in [5.41, 5.74) is 6.43. The van der Waals surface area contributed by atoms with Crippen LogP contribution in [0.2, 0.25) is 0 Å². The van der Waals surface area contributed by atoms with E-state index < -0.39 is 24.6 Å². The zero-order valence-corrected chi connectivity index (χ0v) is 26.5. The number of benzene rings is 1. The number of aliphatic hydroxyl groups is 3. The van der Waals surface area contributed by atoms with Gasteiger partial charge >= 0.3 is 0 Å². The number of ether oxygens (including phenoxy) is 3. The van der Waals surface area contributed by atoms with E-state index in [1.807, 2.05) is 0 Å². The van der Waals surface area contributed by atoms with Crippen LogP contribution < -0.4 is 9.47 Å². The van der Waals surface area contributed by atoms with E-state index in [1.165, 1.54) is 60.8 Å². The highest BCUT2D eigenvalue weighted by atomic mass is 16.7. The average Bonchev–Trinajstić information content (AvgIpc) is 2.92. The number of unbranched alkanes of at least 4 members (excludes halogenated alkanes) is 7. The Balaban J connectivity index is 1.68. The summed E-state index contributed by atoms with van der Waals surface area (Å²) < 4.78 is 18.9. The molecule has 4 rings (SSSR count). The van der Waals surface area contributed by atoms with Crippen molar-refractivity contribution in [3.05, 3.63) is 33.9 Å². The number of hydrogen-bond acceptors (Lipinski definition) is 6. The molecular weight excluding hydrogens is 516 g/mol. The monoisotopic (exact) mass is 572 g/mol. The molecule has 6 heteroatoms. The van der Waals surface area contributed by atoms with Crippen LogP contribution in [-0.4, -0.2) is 53.1 Å². The Bertz CT molecular complexity index is 1030. The maximum atomic E-state index is 10.8. The summed E-state index contributed by atoms with van der Waals surface area (Å²) in [6.45, 7) is 14.0. The quantitative estimate of drug-likeness (QED) is 0.169. The third kappa shape index (κ3) is 7.31. The van der Waals surface area contributed by atoms with Crippen molar-refractivity contribution < 1.29 is 29.5 Å². The Morgan fingerprint density at radius 1 is 0.878 bits per heavy atom. The first kappa shape index (κ1) is 32.3. The van der Waals surface area contributed by atoms with Gasteiger partial charge in [0.25, 0.3) is 0 Å². The maximum absolute atomic E-state index is 10.8. The Morgan fingerprint density at radius 2 is 1.56 bits per heavy atom. The van der Waals surface area contributed by atoms with E-state index in [9.17, 15) is 15.3 Å². The minimum atomic E-state index is -1.35. The third-order valence-electron chi connectivity index (χ3n) is 9.70. The van der Waals surface area contributed by atoms with Gasteiger partial charge in [-0.3, -0.25) is 0 Å². The highest BCUT2D eigenvalue weighted by molar-refractivity contribution is 5.65. The average molecular weight is 573 g/mol. The molecule has 8 atom stereocenters. The maximum Gasteiger partial charge on any atom is 0.229 e. The fourth-order valence-corrected chi connectivity index (χ4v) is 7.47. The number of rotatable bonds is 13. The fourth-order valence-electron chi connectivity index (χ4n) is 7.47. The Hall–Kier alpha value is -1.60. The van der Waals surface area contributed by atoms with Gasteiger partial charge in [-0.25, -0.2) is 0 Å². The first-order valence-electron chi connectivity index (χ1n) is 16.5. The van der Waals surface area contributed by atoms with Crippen LogP contribution >= 0.6 is 0 Å². The summed E-state index contributed by atoms with van der Waals surface area (Å²) in [5, 5.41) is 31.2. The molecule has 0 bridgehead atoms. The van der Waals surface area contributed by atoms with E-state index in [0.29, 0.717) is 30.1 Å². The molecular formula is C35H56O6. The van der Waals surface area contributed by atoms with Crippen molar-refractivity contribution in [1.29, 1.82) is 0 Å². The minimum absolute atomic E-state index is 0.0888. The molecule has 1 aliphatic heterocycles. The molecule has 1 heterocycles. The van der Waals surface area contributed by atoms with Crippen molar-refractivity contribution in [2.75, 3.05) is 13.2 Å². The molecule has 232 valence electrons. The Kier molecular flexibility index (Phi) is 11.6. The number of hydrogen-bond donors (Lipinski definition) is 3. The van der Waals surface area contributed by atoms with Crippen LogP contribution in [0.15, 0.2) is 11.6 Å². The van der Waals surface area contributed by atoms with Crippen molar-refractivity contribution in [2.45, 2.75) is 155 Å². The van der Waals surface area contributed by atoms with Crippen LogP contribution in [0.25, 0.3) is 0 Å². The standard InChI is InChI=1S/C35H56O6/c1-7-8-9-10-11-12-13-14-17-39-33-24(6)29-25(18-21(2)3)19-23(5)26-16-15-22(4)28(30(26)29)34(33)41-35-32(38)31(37)27(36)20-40-35/h18,22-23,25-27,31-32,35-38H,7-17,19-20H2,1-6H3/t22?,23?,25-,26?,27?,31?,32?,35?/m0/s1. The van der Waals surface area contributed by atoms with Crippen molar-refractivity contribution in [3.8, 4) is 11.5 Å². The summed E-state index contributed by atoms with van der Waals surface area (Å²) in [5.74, 6) is 3.04. The van der Waals surface area contributed by atoms with Gasteiger partial charge in [0.1, 0.15) is 18.3 Å². The molecule has 0 spiro atoms. The van der Waals surface area contributed by atoms with Gasteiger partial charge in [0, 0.05) is 11.5 Å². The summed E-state index contributed by atoms with van der Waals surface area (Å²) in [4.78, 5) is 0. The van der Waals surface area contributed by atoms with Crippen molar-refractivity contribution >= 4 is 0 Å². The van der Waals surface area contributed by atoms with Gasteiger partial charge in [0.05, 0.1) is 13.2 Å². The molecule has 7 unspecified atom stereocenters. The molecule has 1 saturated heterocycles. The van der Waals surface area contributed by atoms with Crippen LogP contribution in [0.1, 0.15) is 145 Å². The van der Waals surface area contributed by atoms with E-state index in [-0.39, 0.29) is 12.5 Å². The topological polar surface area (TPSA) is 88.4 Å². The lowest BCUT2D eigenvalue weighted by Crippen LogP contribution is -2.55. The second-order valence-electron chi connectivity index (χ2n) is 13.4. The molecule has 0 radical (unpaired) electrons. The lowest BCUT2D eigenvalue weighted by atomic mass is 9.62. The summed E-state index contributed by atoms with van der Waals surface area (Å²) >= 11 is 0. The van der Waals surface area contributed by atoms with Crippen molar-refractivity contribution in [1.82, 2.24) is 0 Å². The highest BCUT2D eigenvalue weighted by Crippen LogP contribution is 2.58. The van der Waals surface area contributed by atoms with Gasteiger partial charge < -0.3 is 29.5 Å². The van der Waals surface area contributed by atoms with Crippen molar-refractivity contribution in [3.63, 3.8) is 0 Å². The van der Waals surface area contributed by atoms with E-state index in [4.69, 9.17) is 14.2 Å². The molecule has 0 aromatic heterocycles. The molecule has 41 heavy (non-hydrogen) atoms. The van der Waals surface area contributed by atoms with Gasteiger partial charge in [-0.05, 0) is 80.9 Å². The van der Waals surface area contributed by atoms with Crippen LogP contribution in [0, 0.1) is 12.8 Å². The molecule has 0 saturated carbocycles. The molecule has 3 aliphatic rings. The van der Waals surface area contributed by atoms with E-state index in [1.54, 1.807) is 0 Å². The molecule has 1 aromatic rings. The number of allylic oxidation sites excluding steroid dienone is 2. The predicted octanol–water partition coefficient (Wildman–Crippen LogP) is 7.40. The molecule has 1 aromatic carbocycles. The molecule has 0 amide bonds. The second kappa shape index (κ2) is 14.7. The van der Waals surface area contributed by atoms with Gasteiger partial charge in [0.2, 0.25) is 6.29 Å². The molecule has 3 N–H and O–H groups in total. The third-order valence-corrected chi connectivity index (χ3v) is 9.70. The summed E-state index contributed by atoms with van der Waals surface area (Å²) in [6, 6.07) is 0. The fraction of sp³-hybridized carbons (Fsp3) is 0.771. The van der Waals surface area contributed by atoms with Crippen LogP contribution in [0.4, 0.5) is 0 Å². The van der Waals surface area contributed by atoms with Gasteiger partial charge in [-0.15, -0.1) is 0 Å². The highest BCUT2D eigenvalue weighted by Gasteiger charge is 2.44. The van der Waals surface area contributed by atoms with Gasteiger partial charge in [-0.1, -0.05) is 77.4 Å². The largest absolute Gasteiger partial charge is 0.489 e. The number of aliphatic hydroxyl groups excluding tert-OH is 3. The van der Waals surface area contributed by atoms with E-state index in [0.717, 1.165) is 43.4 Å².